The molecule has 2 aromatic rings. The molecule has 3 rings (SSSR count). The Bertz CT molecular complexity index is 625. The predicted octanol–water partition coefficient (Wildman–Crippen LogP) is 4.05. The summed E-state index contributed by atoms with van der Waals surface area (Å²) in [7, 11) is 0. The fourth-order valence-electron chi connectivity index (χ4n) is 2.52. The van der Waals surface area contributed by atoms with Gasteiger partial charge < -0.3 is 10.1 Å². The highest BCUT2D eigenvalue weighted by molar-refractivity contribution is 8.00. The molecule has 1 fully saturated rings. The molecule has 0 aliphatic carbocycles. The average molecular weight is 348 g/mol. The highest BCUT2D eigenvalue weighted by Gasteiger charge is 2.15. The van der Waals surface area contributed by atoms with Crippen molar-refractivity contribution in [2.24, 2.45) is 0 Å². The van der Waals surface area contributed by atoms with Crippen LogP contribution < -0.4 is 5.32 Å². The zero-order valence-corrected chi connectivity index (χ0v) is 14.5. The fraction of sp³-hybridized carbons (Fsp3) is 0.412. The molecule has 1 atom stereocenters. The van der Waals surface area contributed by atoms with Crippen molar-refractivity contribution in [3.8, 4) is 11.3 Å². The topological polar surface area (TPSA) is 51.2 Å². The van der Waals surface area contributed by atoms with Crippen molar-refractivity contribution in [1.29, 1.82) is 0 Å². The normalized spacial score (nSPS) is 17.8. The molecule has 0 bridgehead atoms. The fourth-order valence-corrected chi connectivity index (χ4v) is 4.14. The summed E-state index contributed by atoms with van der Waals surface area (Å²) in [6.07, 6.45) is 3.82. The maximum absolute atomic E-state index is 12.1. The van der Waals surface area contributed by atoms with E-state index in [-0.39, 0.29) is 5.91 Å². The molecule has 122 valence electrons. The summed E-state index contributed by atoms with van der Waals surface area (Å²) >= 11 is 3.10. The number of carbonyl (C=O) groups excluding carboxylic acids is 1. The lowest BCUT2D eigenvalue weighted by atomic mass is 10.1. The Hall–Kier alpha value is -1.37. The Balaban J connectivity index is 1.49. The van der Waals surface area contributed by atoms with E-state index in [4.69, 9.17) is 4.74 Å². The zero-order chi connectivity index (χ0) is 15.9. The van der Waals surface area contributed by atoms with E-state index in [0.29, 0.717) is 11.9 Å². The lowest BCUT2D eigenvalue weighted by Crippen LogP contribution is -2.22. The van der Waals surface area contributed by atoms with Crippen LogP contribution in [0.1, 0.15) is 19.3 Å². The highest BCUT2D eigenvalue weighted by Crippen LogP contribution is 2.30. The van der Waals surface area contributed by atoms with E-state index in [1.807, 2.05) is 30.3 Å². The van der Waals surface area contributed by atoms with E-state index in [1.54, 1.807) is 17.3 Å². The van der Waals surface area contributed by atoms with Crippen LogP contribution in [0.3, 0.4) is 0 Å². The number of rotatable bonds is 6. The molecule has 23 heavy (non-hydrogen) atoms. The summed E-state index contributed by atoms with van der Waals surface area (Å²) in [5.41, 5.74) is 3.62. The summed E-state index contributed by atoms with van der Waals surface area (Å²) in [5, 5.41) is 3.80. The smallest absolute Gasteiger partial charge is 0.235 e. The first-order valence-corrected chi connectivity index (χ1v) is 9.84. The van der Waals surface area contributed by atoms with E-state index < -0.39 is 0 Å². The number of aromatic nitrogens is 1. The van der Waals surface area contributed by atoms with Crippen LogP contribution in [0.5, 0.6) is 0 Å². The maximum Gasteiger partial charge on any atom is 0.235 e. The average Bonchev–Trinajstić information content (AvgIpc) is 3.05. The predicted molar refractivity (Wildman–Crippen MR) is 97.1 cm³/mol. The SMILES string of the molecule is O=C(CSC[C@H]1CCCCO1)Nc1scnc1-c1ccccc1. The van der Waals surface area contributed by atoms with Crippen molar-refractivity contribution in [1.82, 2.24) is 4.98 Å². The van der Waals surface area contributed by atoms with Gasteiger partial charge in [-0.15, -0.1) is 23.1 Å². The van der Waals surface area contributed by atoms with Crippen LogP contribution in [0.25, 0.3) is 11.3 Å². The molecule has 1 aromatic heterocycles. The van der Waals surface area contributed by atoms with Crippen LogP contribution in [0, 0.1) is 0 Å². The zero-order valence-electron chi connectivity index (χ0n) is 12.9. The number of thiazole rings is 1. The summed E-state index contributed by atoms with van der Waals surface area (Å²) in [6.45, 7) is 0.860. The second-order valence-electron chi connectivity index (χ2n) is 5.45. The molecule has 1 aliphatic rings. The van der Waals surface area contributed by atoms with Gasteiger partial charge in [0.1, 0.15) is 10.7 Å². The van der Waals surface area contributed by atoms with Gasteiger partial charge in [0.2, 0.25) is 5.91 Å². The molecule has 1 aliphatic heterocycles. The van der Waals surface area contributed by atoms with Crippen LogP contribution in [0.4, 0.5) is 5.00 Å². The monoisotopic (exact) mass is 348 g/mol. The van der Waals surface area contributed by atoms with E-state index in [9.17, 15) is 4.79 Å². The molecule has 0 radical (unpaired) electrons. The highest BCUT2D eigenvalue weighted by atomic mass is 32.2. The van der Waals surface area contributed by atoms with Crippen molar-refractivity contribution in [2.45, 2.75) is 25.4 Å². The number of anilines is 1. The molecule has 0 unspecified atom stereocenters. The molecule has 4 nitrogen and oxygen atoms in total. The molecular weight excluding hydrogens is 328 g/mol. The van der Waals surface area contributed by atoms with E-state index in [1.165, 1.54) is 17.8 Å². The van der Waals surface area contributed by atoms with E-state index >= 15 is 0 Å². The number of carbonyl (C=O) groups is 1. The quantitative estimate of drug-likeness (QED) is 0.855. The van der Waals surface area contributed by atoms with Crippen molar-refractivity contribution in [2.75, 3.05) is 23.4 Å². The third-order valence-electron chi connectivity index (χ3n) is 3.68. The van der Waals surface area contributed by atoms with E-state index in [0.717, 1.165) is 41.5 Å². The Morgan fingerprint density at radius 3 is 3.00 bits per heavy atom. The van der Waals surface area contributed by atoms with Crippen molar-refractivity contribution < 1.29 is 9.53 Å². The second-order valence-corrected chi connectivity index (χ2v) is 7.33. The molecular formula is C17H20N2O2S2. The second kappa shape index (κ2) is 8.47. The minimum atomic E-state index is 0.0206. The molecule has 0 spiro atoms. The summed E-state index contributed by atoms with van der Waals surface area (Å²) in [5.74, 6) is 1.36. The number of hydrogen-bond donors (Lipinski definition) is 1. The molecule has 1 amide bonds. The van der Waals surface area contributed by atoms with Crippen LogP contribution >= 0.6 is 23.1 Å². The first kappa shape index (κ1) is 16.5. The van der Waals surface area contributed by atoms with Crippen molar-refractivity contribution in [3.05, 3.63) is 35.8 Å². The Labute approximate surface area is 144 Å². The number of nitrogens with zero attached hydrogens (tertiary/aromatic N) is 1. The van der Waals surface area contributed by atoms with Gasteiger partial charge in [0.15, 0.2) is 0 Å². The molecule has 6 heteroatoms. The van der Waals surface area contributed by atoms with Crippen molar-refractivity contribution in [3.63, 3.8) is 0 Å². The molecule has 1 aromatic carbocycles. The van der Waals surface area contributed by atoms with Gasteiger partial charge in [-0.1, -0.05) is 30.3 Å². The third-order valence-corrected chi connectivity index (χ3v) is 5.49. The first-order valence-electron chi connectivity index (χ1n) is 7.81. The van der Waals surface area contributed by atoms with Crippen molar-refractivity contribution >= 4 is 34.0 Å². The van der Waals surface area contributed by atoms with Gasteiger partial charge in [0, 0.05) is 17.9 Å². The van der Waals surface area contributed by atoms with E-state index in [2.05, 4.69) is 10.3 Å². The lowest BCUT2D eigenvalue weighted by Gasteiger charge is -2.21. The minimum absolute atomic E-state index is 0.0206. The molecule has 1 N–H and O–H groups in total. The van der Waals surface area contributed by atoms with Crippen LogP contribution in [0.15, 0.2) is 35.8 Å². The van der Waals surface area contributed by atoms with Crippen LogP contribution in [0.2, 0.25) is 0 Å². The standard InChI is InChI=1S/C17H20N2O2S2/c20-15(11-22-10-14-8-4-5-9-21-14)19-17-16(18-12-23-17)13-6-2-1-3-7-13/h1-3,6-7,12,14H,4-5,8-11H2,(H,19,20)/t14-/m1/s1. The number of amides is 1. The van der Waals surface area contributed by atoms with Gasteiger partial charge >= 0.3 is 0 Å². The Morgan fingerprint density at radius 1 is 1.35 bits per heavy atom. The Morgan fingerprint density at radius 2 is 2.22 bits per heavy atom. The number of ether oxygens (including phenoxy) is 1. The van der Waals surface area contributed by atoms with Gasteiger partial charge in [-0.25, -0.2) is 4.98 Å². The van der Waals surface area contributed by atoms with Gasteiger partial charge in [-0.05, 0) is 19.3 Å². The van der Waals surface area contributed by atoms with Crippen LogP contribution in [-0.4, -0.2) is 35.1 Å². The first-order chi connectivity index (χ1) is 11.3. The lowest BCUT2D eigenvalue weighted by molar-refractivity contribution is -0.113. The van der Waals surface area contributed by atoms with Crippen LogP contribution in [-0.2, 0) is 9.53 Å². The Kier molecular flexibility index (Phi) is 6.07. The summed E-state index contributed by atoms with van der Waals surface area (Å²) < 4.78 is 5.68. The summed E-state index contributed by atoms with van der Waals surface area (Å²) in [4.78, 5) is 16.5. The summed E-state index contributed by atoms with van der Waals surface area (Å²) in [6, 6.07) is 9.92. The van der Waals surface area contributed by atoms with Gasteiger partial charge in [0.05, 0.1) is 17.4 Å². The number of thioether (sulfide) groups is 1. The number of nitrogens with one attached hydrogen (secondary N) is 1. The maximum atomic E-state index is 12.1. The number of benzene rings is 1. The molecule has 2 heterocycles. The number of hydrogen-bond acceptors (Lipinski definition) is 5. The molecule has 0 saturated carbocycles. The largest absolute Gasteiger partial charge is 0.377 e. The molecule has 1 saturated heterocycles. The van der Waals surface area contributed by atoms with Gasteiger partial charge in [-0.2, -0.15) is 0 Å². The van der Waals surface area contributed by atoms with Gasteiger partial charge in [0.25, 0.3) is 0 Å². The van der Waals surface area contributed by atoms with Gasteiger partial charge in [-0.3, -0.25) is 4.79 Å². The third kappa shape index (κ3) is 4.80. The minimum Gasteiger partial charge on any atom is -0.377 e.